The fraction of sp³-hybridized carbons (Fsp3) is 0.133. The molecule has 1 aliphatic carbocycles. The molecule has 0 saturated heterocycles. The molecule has 4 N–H and O–H groups in total. The van der Waals surface area contributed by atoms with E-state index in [2.05, 4.69) is 0 Å². The number of hydrogen-bond donors (Lipinski definition) is 4. The van der Waals surface area contributed by atoms with Crippen LogP contribution in [-0.4, -0.2) is 54.1 Å². The Labute approximate surface area is 270 Å². The van der Waals surface area contributed by atoms with Crippen LogP contribution in [0.2, 0.25) is 10.0 Å². The molecule has 14 nitrogen and oxygen atoms in total. The van der Waals surface area contributed by atoms with E-state index in [9.17, 15) is 39.4 Å². The number of carboxylic acid groups (broad SMARTS) is 4. The lowest BCUT2D eigenvalue weighted by atomic mass is 9.80. The number of aliphatic carboxylic acids is 2. The Balaban J connectivity index is 0.000000309. The van der Waals surface area contributed by atoms with Gasteiger partial charge in [0.2, 0.25) is 0 Å². The van der Waals surface area contributed by atoms with Crippen LogP contribution >= 0.6 is 23.2 Å². The van der Waals surface area contributed by atoms with Crippen molar-refractivity contribution >= 4 is 58.5 Å². The molecule has 242 valence electrons. The third-order valence-electron chi connectivity index (χ3n) is 5.73. The van der Waals surface area contributed by atoms with E-state index in [-0.39, 0.29) is 34.5 Å². The van der Waals surface area contributed by atoms with Crippen molar-refractivity contribution < 1.29 is 49.5 Å². The number of nitrogens with zero attached hydrogens (tertiary/aromatic N) is 2. The van der Waals surface area contributed by atoms with Gasteiger partial charge in [0.25, 0.3) is 11.4 Å². The third kappa shape index (κ3) is 13.0. The highest BCUT2D eigenvalue weighted by molar-refractivity contribution is 6.30. The van der Waals surface area contributed by atoms with Gasteiger partial charge in [-0.1, -0.05) is 41.4 Å². The van der Waals surface area contributed by atoms with Crippen molar-refractivity contribution in [2.75, 3.05) is 0 Å². The van der Waals surface area contributed by atoms with Gasteiger partial charge in [-0.25, -0.2) is 14.4 Å². The Hall–Kier alpha value is -5.60. The van der Waals surface area contributed by atoms with Crippen LogP contribution in [0.15, 0.2) is 90.5 Å². The maximum Gasteiger partial charge on any atom is 0.335 e. The van der Waals surface area contributed by atoms with Crippen molar-refractivity contribution in [1.29, 1.82) is 0 Å². The average Bonchev–Trinajstić information content (AvgIpc) is 2.98. The summed E-state index contributed by atoms with van der Waals surface area (Å²) in [6, 6.07) is 15.4. The van der Waals surface area contributed by atoms with Crippen LogP contribution in [0.25, 0.3) is 0 Å². The number of carbonyl (C=O) groups is 4. The molecule has 3 aromatic carbocycles. The Kier molecular flexibility index (Phi) is 14.7. The summed E-state index contributed by atoms with van der Waals surface area (Å²) in [6.45, 7) is 3.15. The summed E-state index contributed by atoms with van der Waals surface area (Å²) in [7, 11) is 0. The molecule has 3 aromatic rings. The molecule has 0 fully saturated rings. The number of benzene rings is 3. The summed E-state index contributed by atoms with van der Waals surface area (Å²) in [5.41, 5.74) is -0.212. The highest BCUT2D eigenvalue weighted by Gasteiger charge is 2.34. The van der Waals surface area contributed by atoms with E-state index in [1.807, 2.05) is 0 Å². The standard InChI is InChI=1S/C9H8O4.C9H10O4.2C6H4ClNO2/c1-5-2-6(8(10)11)4-7(3-5)9(12)13;1-9(8(12)13)4-2-3-6(5-9)7(10)11;2*7-5-1-3-6(4-2-5)8(9)10/h2-4H,1H3,(H,10,11)(H,12,13);2-4H,5H2,1H3,(H,10,11)(H,12,13);2*1-4H. The number of aromatic carboxylic acids is 2. The summed E-state index contributed by atoms with van der Waals surface area (Å²) in [5, 5.41) is 55.9. The largest absolute Gasteiger partial charge is 0.481 e. The van der Waals surface area contributed by atoms with Crippen molar-refractivity contribution in [2.45, 2.75) is 20.3 Å². The summed E-state index contributed by atoms with van der Waals surface area (Å²) in [6.07, 6.45) is 4.43. The SMILES string of the molecule is CC1(C(=O)O)C=CC=C(C(=O)O)C1.Cc1cc(C(=O)O)cc(C(=O)O)c1.O=[N+]([O-])c1ccc(Cl)cc1.O=[N+]([O-])c1ccc(Cl)cc1. The normalized spacial score (nSPS) is 14.3. The highest BCUT2D eigenvalue weighted by atomic mass is 35.5. The molecule has 0 amide bonds. The van der Waals surface area contributed by atoms with Crippen LogP contribution < -0.4 is 0 Å². The van der Waals surface area contributed by atoms with Gasteiger partial charge in [0.15, 0.2) is 0 Å². The van der Waals surface area contributed by atoms with E-state index in [1.54, 1.807) is 6.92 Å². The molecule has 0 heterocycles. The fourth-order valence-electron chi connectivity index (χ4n) is 3.34. The number of allylic oxidation sites excluding steroid dienone is 2. The summed E-state index contributed by atoms with van der Waals surface area (Å²) >= 11 is 11.0. The number of halogens is 2. The number of nitro benzene ring substituents is 2. The van der Waals surface area contributed by atoms with Crippen LogP contribution in [0.5, 0.6) is 0 Å². The molecule has 0 aliphatic heterocycles. The second-order valence-electron chi connectivity index (χ2n) is 9.42. The maximum atomic E-state index is 10.8. The summed E-state index contributed by atoms with van der Waals surface area (Å²) < 4.78 is 0. The smallest absolute Gasteiger partial charge is 0.335 e. The summed E-state index contributed by atoms with van der Waals surface area (Å²) in [5.74, 6) is -4.30. The fourth-order valence-corrected chi connectivity index (χ4v) is 3.59. The van der Waals surface area contributed by atoms with Gasteiger partial charge in [0, 0.05) is 39.9 Å². The topological polar surface area (TPSA) is 235 Å². The van der Waals surface area contributed by atoms with Gasteiger partial charge in [0.05, 0.1) is 26.4 Å². The van der Waals surface area contributed by atoms with Crippen LogP contribution in [0.4, 0.5) is 11.4 Å². The zero-order valence-electron chi connectivity index (χ0n) is 24.0. The van der Waals surface area contributed by atoms with E-state index in [0.29, 0.717) is 15.6 Å². The first-order chi connectivity index (χ1) is 21.4. The van der Waals surface area contributed by atoms with Crippen LogP contribution in [-0.2, 0) is 9.59 Å². The molecule has 0 spiro atoms. The Morgan fingerprint density at radius 2 is 1.11 bits per heavy atom. The van der Waals surface area contributed by atoms with E-state index in [1.165, 1.54) is 85.8 Å². The number of hydrogen-bond acceptors (Lipinski definition) is 8. The third-order valence-corrected chi connectivity index (χ3v) is 6.23. The minimum absolute atomic E-state index is 0.00241. The molecular weight excluding hydrogens is 651 g/mol. The van der Waals surface area contributed by atoms with Gasteiger partial charge in [-0.2, -0.15) is 0 Å². The number of carboxylic acids is 4. The van der Waals surface area contributed by atoms with Gasteiger partial charge < -0.3 is 20.4 Å². The van der Waals surface area contributed by atoms with Gasteiger partial charge in [-0.3, -0.25) is 25.0 Å². The minimum Gasteiger partial charge on any atom is -0.481 e. The minimum atomic E-state index is -1.12. The lowest BCUT2D eigenvalue weighted by molar-refractivity contribution is -0.385. The zero-order chi connectivity index (χ0) is 35.2. The molecule has 1 atom stereocenters. The predicted molar refractivity (Wildman–Crippen MR) is 167 cm³/mol. The van der Waals surface area contributed by atoms with Crippen molar-refractivity contribution in [3.8, 4) is 0 Å². The molecule has 16 heteroatoms. The molecule has 0 radical (unpaired) electrons. The predicted octanol–water partition coefficient (Wildman–Crippen LogP) is 6.94. The van der Waals surface area contributed by atoms with Gasteiger partial charge in [-0.15, -0.1) is 0 Å². The maximum absolute atomic E-state index is 10.8. The molecular formula is C30H26Cl2N2O12. The molecule has 46 heavy (non-hydrogen) atoms. The van der Waals surface area contributed by atoms with E-state index < -0.39 is 39.1 Å². The number of rotatable bonds is 6. The molecule has 0 saturated carbocycles. The van der Waals surface area contributed by atoms with Gasteiger partial charge >= 0.3 is 23.9 Å². The second-order valence-corrected chi connectivity index (χ2v) is 10.3. The van der Waals surface area contributed by atoms with Crippen molar-refractivity contribution in [3.63, 3.8) is 0 Å². The van der Waals surface area contributed by atoms with Gasteiger partial charge in [-0.05, 0) is 68.3 Å². The van der Waals surface area contributed by atoms with Crippen molar-refractivity contribution in [3.05, 3.63) is 137 Å². The summed E-state index contributed by atoms with van der Waals surface area (Å²) in [4.78, 5) is 61.6. The van der Waals surface area contributed by atoms with Crippen LogP contribution in [0, 0.1) is 32.6 Å². The molecule has 0 bridgehead atoms. The van der Waals surface area contributed by atoms with Crippen molar-refractivity contribution in [1.82, 2.24) is 0 Å². The first kappa shape index (κ1) is 38.4. The zero-order valence-corrected chi connectivity index (χ0v) is 25.5. The number of non-ortho nitro benzene ring substituents is 2. The second kappa shape index (κ2) is 17.6. The lowest BCUT2D eigenvalue weighted by Gasteiger charge is -2.23. The van der Waals surface area contributed by atoms with Gasteiger partial charge in [0.1, 0.15) is 0 Å². The van der Waals surface area contributed by atoms with E-state index in [0.717, 1.165) is 6.07 Å². The van der Waals surface area contributed by atoms with E-state index >= 15 is 0 Å². The Morgan fingerprint density at radius 1 is 0.717 bits per heavy atom. The van der Waals surface area contributed by atoms with Crippen LogP contribution in [0.1, 0.15) is 39.6 Å². The van der Waals surface area contributed by atoms with Crippen LogP contribution in [0.3, 0.4) is 0 Å². The quantitative estimate of drug-likeness (QED) is 0.153. The number of aryl methyl sites for hydroxylation is 1. The molecule has 1 aliphatic rings. The molecule has 1 unspecified atom stereocenters. The Morgan fingerprint density at radius 3 is 1.41 bits per heavy atom. The average molecular weight is 677 g/mol. The first-order valence-electron chi connectivity index (χ1n) is 12.6. The van der Waals surface area contributed by atoms with E-state index in [4.69, 9.17) is 43.6 Å². The lowest BCUT2D eigenvalue weighted by Crippen LogP contribution is -2.28. The first-order valence-corrected chi connectivity index (χ1v) is 13.3. The van der Waals surface area contributed by atoms with Crippen molar-refractivity contribution in [2.24, 2.45) is 5.41 Å². The monoisotopic (exact) mass is 676 g/mol. The number of nitro groups is 2. The Bertz CT molecular complexity index is 1580. The molecule has 0 aromatic heterocycles. The molecule has 4 rings (SSSR count). The highest BCUT2D eigenvalue weighted by Crippen LogP contribution is 2.31.